The normalized spacial score (nSPS) is 19.6. The van der Waals surface area contributed by atoms with E-state index in [1.54, 1.807) is 0 Å². The highest BCUT2D eigenvalue weighted by molar-refractivity contribution is 4.81. The molecule has 0 spiro atoms. The third kappa shape index (κ3) is 4.85. The van der Waals surface area contributed by atoms with Crippen molar-refractivity contribution in [3.63, 3.8) is 0 Å². The van der Waals surface area contributed by atoms with Crippen molar-refractivity contribution < 1.29 is 35.4 Å². The highest BCUT2D eigenvalue weighted by atomic mass is 16.5. The Morgan fingerprint density at radius 3 is 1.87 bits per heavy atom. The van der Waals surface area contributed by atoms with Crippen molar-refractivity contribution in [2.24, 2.45) is 0 Å². The second-order valence-electron chi connectivity index (χ2n) is 3.05. The van der Waals surface area contributed by atoms with Crippen LogP contribution in [0.25, 0.3) is 0 Å². The standard InChI is InChI=1S/C8H18O7/c9-1-2-15-6(4-11)8(14)7(13)5(12)3-10/h5-14H,1-4H2. The second kappa shape index (κ2) is 7.94. The minimum Gasteiger partial charge on any atom is -0.394 e. The molecule has 0 aromatic carbocycles. The lowest BCUT2D eigenvalue weighted by Gasteiger charge is -2.27. The molecule has 0 bridgehead atoms. The Balaban J connectivity index is 4.16. The zero-order valence-electron chi connectivity index (χ0n) is 8.23. The highest BCUT2D eigenvalue weighted by Crippen LogP contribution is 2.07. The maximum Gasteiger partial charge on any atom is 0.111 e. The van der Waals surface area contributed by atoms with Crippen molar-refractivity contribution in [1.29, 1.82) is 0 Å². The molecule has 0 saturated heterocycles. The van der Waals surface area contributed by atoms with Crippen LogP contribution in [0.2, 0.25) is 0 Å². The summed E-state index contributed by atoms with van der Waals surface area (Å²) in [7, 11) is 0. The summed E-state index contributed by atoms with van der Waals surface area (Å²) in [5, 5.41) is 53.5. The first-order valence-corrected chi connectivity index (χ1v) is 4.56. The van der Waals surface area contributed by atoms with Crippen LogP contribution in [0.1, 0.15) is 0 Å². The van der Waals surface area contributed by atoms with Crippen molar-refractivity contribution >= 4 is 0 Å². The summed E-state index contributed by atoms with van der Waals surface area (Å²) in [6.07, 6.45) is -5.78. The molecule has 0 amide bonds. The fourth-order valence-corrected chi connectivity index (χ4v) is 1.02. The monoisotopic (exact) mass is 226 g/mol. The lowest BCUT2D eigenvalue weighted by molar-refractivity contribution is -0.143. The van der Waals surface area contributed by atoms with E-state index in [9.17, 15) is 10.2 Å². The first-order valence-electron chi connectivity index (χ1n) is 4.56. The molecule has 6 N–H and O–H groups in total. The average molecular weight is 226 g/mol. The van der Waals surface area contributed by atoms with Gasteiger partial charge in [0.25, 0.3) is 0 Å². The molecule has 0 rings (SSSR count). The molecule has 0 saturated carbocycles. The summed E-state index contributed by atoms with van der Waals surface area (Å²) in [6.45, 7) is -1.68. The molecule has 0 heterocycles. The summed E-state index contributed by atoms with van der Waals surface area (Å²) in [6, 6.07) is 0. The molecule has 7 nitrogen and oxygen atoms in total. The lowest BCUT2D eigenvalue weighted by atomic mass is 10.0. The van der Waals surface area contributed by atoms with Gasteiger partial charge in [-0.25, -0.2) is 0 Å². The third-order valence-electron chi connectivity index (χ3n) is 1.92. The van der Waals surface area contributed by atoms with Crippen LogP contribution in [-0.2, 0) is 4.74 Å². The summed E-state index contributed by atoms with van der Waals surface area (Å²) >= 11 is 0. The van der Waals surface area contributed by atoms with E-state index in [4.69, 9.17) is 25.2 Å². The molecule has 0 aliphatic carbocycles. The van der Waals surface area contributed by atoms with E-state index in [2.05, 4.69) is 0 Å². The summed E-state index contributed by atoms with van der Waals surface area (Å²) in [4.78, 5) is 0. The van der Waals surface area contributed by atoms with E-state index in [0.717, 1.165) is 0 Å². The van der Waals surface area contributed by atoms with Gasteiger partial charge in [0.2, 0.25) is 0 Å². The summed E-state index contributed by atoms with van der Waals surface area (Å²) in [5.74, 6) is 0. The first-order chi connectivity index (χ1) is 7.08. The van der Waals surface area contributed by atoms with Gasteiger partial charge in [-0.15, -0.1) is 0 Å². The SMILES string of the molecule is OCCOC(CO)C(O)C(O)C(O)CO. The molecule has 0 aliphatic rings. The van der Waals surface area contributed by atoms with Crippen molar-refractivity contribution in [3.05, 3.63) is 0 Å². The molecular formula is C8H18O7. The van der Waals surface area contributed by atoms with Crippen molar-refractivity contribution in [3.8, 4) is 0 Å². The molecule has 4 unspecified atom stereocenters. The summed E-state index contributed by atoms with van der Waals surface area (Å²) < 4.78 is 4.82. The number of hydrogen-bond donors (Lipinski definition) is 6. The minimum atomic E-state index is -1.62. The molecule has 0 aliphatic heterocycles. The Hall–Kier alpha value is -0.280. The van der Waals surface area contributed by atoms with Crippen LogP contribution >= 0.6 is 0 Å². The Bertz CT molecular complexity index is 154. The van der Waals surface area contributed by atoms with Gasteiger partial charge in [-0.3, -0.25) is 0 Å². The van der Waals surface area contributed by atoms with Gasteiger partial charge < -0.3 is 35.4 Å². The van der Waals surface area contributed by atoms with Gasteiger partial charge in [0.05, 0.1) is 26.4 Å². The van der Waals surface area contributed by atoms with Gasteiger partial charge >= 0.3 is 0 Å². The van der Waals surface area contributed by atoms with E-state index in [0.29, 0.717) is 0 Å². The Labute approximate surface area is 87.2 Å². The van der Waals surface area contributed by atoms with Crippen molar-refractivity contribution in [1.82, 2.24) is 0 Å². The van der Waals surface area contributed by atoms with Crippen molar-refractivity contribution in [2.75, 3.05) is 26.4 Å². The maximum absolute atomic E-state index is 9.42. The molecule has 0 aromatic heterocycles. The van der Waals surface area contributed by atoms with Gasteiger partial charge in [0.15, 0.2) is 0 Å². The molecule has 0 aromatic rings. The lowest BCUT2D eigenvalue weighted by Crippen LogP contribution is -2.48. The molecule has 4 atom stereocenters. The first kappa shape index (κ1) is 14.7. The second-order valence-corrected chi connectivity index (χ2v) is 3.05. The Kier molecular flexibility index (Phi) is 7.79. The topological polar surface area (TPSA) is 131 Å². The number of rotatable bonds is 8. The van der Waals surface area contributed by atoms with Crippen LogP contribution in [0.5, 0.6) is 0 Å². The molecule has 7 heteroatoms. The van der Waals surface area contributed by atoms with Crippen LogP contribution < -0.4 is 0 Å². The van der Waals surface area contributed by atoms with Crippen LogP contribution in [0, 0.1) is 0 Å². The molecule has 15 heavy (non-hydrogen) atoms. The largest absolute Gasteiger partial charge is 0.394 e. The number of hydrogen-bond acceptors (Lipinski definition) is 7. The van der Waals surface area contributed by atoms with Crippen LogP contribution in [-0.4, -0.2) is 81.5 Å². The van der Waals surface area contributed by atoms with E-state index in [1.165, 1.54) is 0 Å². The average Bonchev–Trinajstić information content (AvgIpc) is 2.27. The molecule has 0 radical (unpaired) electrons. The fourth-order valence-electron chi connectivity index (χ4n) is 1.02. The highest BCUT2D eigenvalue weighted by Gasteiger charge is 2.31. The fraction of sp³-hybridized carbons (Fsp3) is 1.00. The van der Waals surface area contributed by atoms with Gasteiger partial charge in [-0.05, 0) is 0 Å². The van der Waals surface area contributed by atoms with E-state index < -0.39 is 37.6 Å². The molecule has 0 fully saturated rings. The minimum absolute atomic E-state index is 0.107. The zero-order valence-corrected chi connectivity index (χ0v) is 8.23. The molecule has 92 valence electrons. The van der Waals surface area contributed by atoms with Gasteiger partial charge in [-0.1, -0.05) is 0 Å². The quantitative estimate of drug-likeness (QED) is 0.252. The molecular weight excluding hydrogens is 208 g/mol. The third-order valence-corrected chi connectivity index (χ3v) is 1.92. The van der Waals surface area contributed by atoms with Gasteiger partial charge in [0, 0.05) is 0 Å². The van der Waals surface area contributed by atoms with Crippen molar-refractivity contribution in [2.45, 2.75) is 24.4 Å². The predicted molar refractivity (Wildman–Crippen MR) is 49.0 cm³/mol. The Morgan fingerprint density at radius 1 is 0.867 bits per heavy atom. The number of aliphatic hydroxyl groups excluding tert-OH is 6. The zero-order chi connectivity index (χ0) is 11.8. The van der Waals surface area contributed by atoms with Crippen LogP contribution in [0.15, 0.2) is 0 Å². The smallest absolute Gasteiger partial charge is 0.111 e. The number of ether oxygens (including phenoxy) is 1. The van der Waals surface area contributed by atoms with E-state index >= 15 is 0 Å². The van der Waals surface area contributed by atoms with Crippen LogP contribution in [0.3, 0.4) is 0 Å². The van der Waals surface area contributed by atoms with Gasteiger partial charge in [-0.2, -0.15) is 0 Å². The predicted octanol–water partition coefficient (Wildman–Crippen LogP) is -3.57. The number of aliphatic hydroxyl groups is 6. The summed E-state index contributed by atoms with van der Waals surface area (Å²) in [5.41, 5.74) is 0. The van der Waals surface area contributed by atoms with Crippen LogP contribution in [0.4, 0.5) is 0 Å². The maximum atomic E-state index is 9.42. The Morgan fingerprint density at radius 2 is 1.47 bits per heavy atom. The van der Waals surface area contributed by atoms with E-state index in [1.807, 2.05) is 0 Å². The van der Waals surface area contributed by atoms with Gasteiger partial charge in [0.1, 0.15) is 24.4 Å². The van der Waals surface area contributed by atoms with E-state index in [-0.39, 0.29) is 13.2 Å².